The van der Waals surface area contributed by atoms with Crippen LogP contribution in [0.5, 0.6) is 5.75 Å². The second-order valence-corrected chi connectivity index (χ2v) is 4.86. The highest BCUT2D eigenvalue weighted by Crippen LogP contribution is 2.28. The highest BCUT2D eigenvalue weighted by molar-refractivity contribution is 6.34. The second kappa shape index (κ2) is 6.09. The maximum absolute atomic E-state index is 12.0. The first-order valence-corrected chi connectivity index (χ1v) is 6.62. The normalized spacial score (nSPS) is 10.3. The van der Waals surface area contributed by atoms with Gasteiger partial charge in [0.1, 0.15) is 0 Å². The Morgan fingerprint density at radius 2 is 1.79 bits per heavy atom. The average molecular weight is 295 g/mol. The summed E-state index contributed by atoms with van der Waals surface area (Å²) in [6.45, 7) is 2.05. The largest absolute Gasteiger partial charge is 0.421 e. The van der Waals surface area contributed by atoms with Crippen molar-refractivity contribution in [1.29, 1.82) is 0 Å². The predicted octanol–water partition coefficient (Wildman–Crippen LogP) is 4.78. The van der Waals surface area contributed by atoms with Crippen LogP contribution in [0.2, 0.25) is 10.0 Å². The number of halogens is 2. The van der Waals surface area contributed by atoms with Gasteiger partial charge in [-0.05, 0) is 36.2 Å². The van der Waals surface area contributed by atoms with Gasteiger partial charge in [-0.25, -0.2) is 4.79 Å². The molecule has 2 aromatic carbocycles. The summed E-state index contributed by atoms with van der Waals surface area (Å²) in [5.41, 5.74) is 1.64. The maximum atomic E-state index is 12.0. The van der Waals surface area contributed by atoms with E-state index in [1.54, 1.807) is 24.3 Å². The van der Waals surface area contributed by atoms with Crippen molar-refractivity contribution in [3.63, 3.8) is 0 Å². The monoisotopic (exact) mass is 294 g/mol. The fourth-order valence-electron chi connectivity index (χ4n) is 1.59. The minimum absolute atomic E-state index is 0.263. The number of ether oxygens (including phenoxy) is 1. The number of carbonyl (C=O) groups is 1. The molecule has 0 amide bonds. The van der Waals surface area contributed by atoms with Gasteiger partial charge in [-0.2, -0.15) is 0 Å². The quantitative estimate of drug-likeness (QED) is 0.602. The SMILES string of the molecule is CCc1ccc(C(=O)Oc2cc(Cl)ccc2Cl)cc1. The van der Waals surface area contributed by atoms with Gasteiger partial charge in [0.2, 0.25) is 0 Å². The summed E-state index contributed by atoms with van der Waals surface area (Å²) in [6.07, 6.45) is 0.926. The molecule has 2 nitrogen and oxygen atoms in total. The Morgan fingerprint density at radius 3 is 2.42 bits per heavy atom. The molecule has 2 aromatic rings. The van der Waals surface area contributed by atoms with Crippen LogP contribution in [0.4, 0.5) is 0 Å². The molecule has 0 bridgehead atoms. The highest BCUT2D eigenvalue weighted by Gasteiger charge is 2.11. The zero-order chi connectivity index (χ0) is 13.8. The van der Waals surface area contributed by atoms with Gasteiger partial charge in [-0.15, -0.1) is 0 Å². The fraction of sp³-hybridized carbons (Fsp3) is 0.133. The minimum Gasteiger partial charge on any atom is -0.421 e. The summed E-state index contributed by atoms with van der Waals surface area (Å²) in [6, 6.07) is 12.0. The third-order valence-corrected chi connectivity index (χ3v) is 3.24. The van der Waals surface area contributed by atoms with Gasteiger partial charge in [0.25, 0.3) is 0 Å². The number of hydrogen-bond acceptors (Lipinski definition) is 2. The minimum atomic E-state index is -0.452. The van der Waals surface area contributed by atoms with E-state index in [9.17, 15) is 4.79 Å². The van der Waals surface area contributed by atoms with Crippen molar-refractivity contribution in [3.8, 4) is 5.75 Å². The number of carbonyl (C=O) groups excluding carboxylic acids is 1. The van der Waals surface area contributed by atoms with Crippen LogP contribution in [-0.2, 0) is 6.42 Å². The summed E-state index contributed by atoms with van der Waals surface area (Å²) in [7, 11) is 0. The average Bonchev–Trinajstić information content (AvgIpc) is 2.43. The van der Waals surface area contributed by atoms with Gasteiger partial charge in [-0.3, -0.25) is 0 Å². The molecule has 0 fully saturated rings. The maximum Gasteiger partial charge on any atom is 0.343 e. The number of benzene rings is 2. The molecule has 0 atom stereocenters. The molecule has 0 radical (unpaired) electrons. The van der Waals surface area contributed by atoms with E-state index < -0.39 is 5.97 Å². The first kappa shape index (κ1) is 13.9. The van der Waals surface area contributed by atoms with Crippen molar-refractivity contribution in [2.24, 2.45) is 0 Å². The van der Waals surface area contributed by atoms with Crippen molar-refractivity contribution in [2.45, 2.75) is 13.3 Å². The van der Waals surface area contributed by atoms with Crippen LogP contribution >= 0.6 is 23.2 Å². The fourth-order valence-corrected chi connectivity index (χ4v) is 1.91. The Bertz CT molecular complexity index is 592. The molecule has 98 valence electrons. The summed E-state index contributed by atoms with van der Waals surface area (Å²) in [5.74, 6) is -0.189. The molecule has 0 saturated heterocycles. The molecule has 0 aliphatic heterocycles. The number of esters is 1. The first-order chi connectivity index (χ1) is 9.10. The number of hydrogen-bond donors (Lipinski definition) is 0. The summed E-state index contributed by atoms with van der Waals surface area (Å²) < 4.78 is 5.23. The van der Waals surface area contributed by atoms with Crippen molar-refractivity contribution in [3.05, 3.63) is 63.6 Å². The Labute approximate surface area is 121 Å². The lowest BCUT2D eigenvalue weighted by atomic mass is 10.1. The summed E-state index contributed by atoms with van der Waals surface area (Å²) >= 11 is 11.8. The standard InChI is InChI=1S/C15H12Cl2O2/c1-2-10-3-5-11(6-4-10)15(18)19-14-9-12(16)7-8-13(14)17/h3-9H,2H2,1H3. The molecule has 19 heavy (non-hydrogen) atoms. The highest BCUT2D eigenvalue weighted by atomic mass is 35.5. The molecule has 0 unspecified atom stereocenters. The number of rotatable bonds is 3. The van der Waals surface area contributed by atoms with Crippen LogP contribution < -0.4 is 4.74 Å². The van der Waals surface area contributed by atoms with Crippen LogP contribution in [-0.4, -0.2) is 5.97 Å². The Morgan fingerprint density at radius 1 is 1.11 bits per heavy atom. The van der Waals surface area contributed by atoms with E-state index in [0.717, 1.165) is 12.0 Å². The van der Waals surface area contributed by atoms with Crippen LogP contribution in [0.15, 0.2) is 42.5 Å². The second-order valence-electron chi connectivity index (χ2n) is 4.01. The number of aryl methyl sites for hydroxylation is 1. The predicted molar refractivity (Wildman–Crippen MR) is 77.2 cm³/mol. The lowest BCUT2D eigenvalue weighted by molar-refractivity contribution is 0.0735. The van der Waals surface area contributed by atoms with E-state index >= 15 is 0 Å². The molecule has 0 aliphatic carbocycles. The van der Waals surface area contributed by atoms with E-state index in [2.05, 4.69) is 6.92 Å². The van der Waals surface area contributed by atoms with Gasteiger partial charge >= 0.3 is 5.97 Å². The van der Waals surface area contributed by atoms with Crippen LogP contribution in [0.3, 0.4) is 0 Å². The van der Waals surface area contributed by atoms with E-state index in [4.69, 9.17) is 27.9 Å². The molecule has 0 spiro atoms. The molecule has 0 heterocycles. The third-order valence-electron chi connectivity index (χ3n) is 2.69. The van der Waals surface area contributed by atoms with Crippen molar-refractivity contribution >= 4 is 29.2 Å². The van der Waals surface area contributed by atoms with E-state index in [0.29, 0.717) is 15.6 Å². The van der Waals surface area contributed by atoms with Crippen LogP contribution in [0, 0.1) is 0 Å². The molecule has 0 aliphatic rings. The molecule has 2 rings (SSSR count). The van der Waals surface area contributed by atoms with Gasteiger partial charge in [0.15, 0.2) is 5.75 Å². The van der Waals surface area contributed by atoms with Crippen molar-refractivity contribution in [2.75, 3.05) is 0 Å². The van der Waals surface area contributed by atoms with E-state index in [1.807, 2.05) is 12.1 Å². The molecule has 0 N–H and O–H groups in total. The smallest absolute Gasteiger partial charge is 0.343 e. The third kappa shape index (κ3) is 3.49. The molecular formula is C15H12Cl2O2. The van der Waals surface area contributed by atoms with Crippen molar-refractivity contribution in [1.82, 2.24) is 0 Å². The molecule has 0 aromatic heterocycles. The first-order valence-electron chi connectivity index (χ1n) is 5.86. The lowest BCUT2D eigenvalue weighted by Gasteiger charge is -2.07. The Hall–Kier alpha value is -1.51. The Balaban J connectivity index is 2.18. The zero-order valence-corrected chi connectivity index (χ0v) is 11.8. The van der Waals surface area contributed by atoms with Gasteiger partial charge in [-0.1, -0.05) is 42.3 Å². The topological polar surface area (TPSA) is 26.3 Å². The lowest BCUT2D eigenvalue weighted by Crippen LogP contribution is -2.08. The van der Waals surface area contributed by atoms with Gasteiger partial charge < -0.3 is 4.74 Å². The molecule has 0 saturated carbocycles. The molecule has 4 heteroatoms. The van der Waals surface area contributed by atoms with Gasteiger partial charge in [0.05, 0.1) is 10.6 Å². The van der Waals surface area contributed by atoms with Crippen molar-refractivity contribution < 1.29 is 9.53 Å². The van der Waals surface area contributed by atoms with Gasteiger partial charge in [0, 0.05) is 11.1 Å². The van der Waals surface area contributed by atoms with Crippen LogP contribution in [0.1, 0.15) is 22.8 Å². The van der Waals surface area contributed by atoms with Crippen LogP contribution in [0.25, 0.3) is 0 Å². The Kier molecular flexibility index (Phi) is 4.46. The summed E-state index contributed by atoms with van der Waals surface area (Å²) in [5, 5.41) is 0.816. The molecular weight excluding hydrogens is 283 g/mol. The van der Waals surface area contributed by atoms with E-state index in [1.165, 1.54) is 6.07 Å². The van der Waals surface area contributed by atoms with E-state index in [-0.39, 0.29) is 5.75 Å². The zero-order valence-electron chi connectivity index (χ0n) is 10.3. The summed E-state index contributed by atoms with van der Waals surface area (Å²) in [4.78, 5) is 12.0.